The summed E-state index contributed by atoms with van der Waals surface area (Å²) in [6.07, 6.45) is 3.22. The molecule has 2 fully saturated rings. The van der Waals surface area contributed by atoms with Crippen LogP contribution in [-0.2, 0) is 21.7 Å². The van der Waals surface area contributed by atoms with E-state index in [0.717, 1.165) is 43.5 Å². The molecule has 11 heteroatoms. The van der Waals surface area contributed by atoms with E-state index in [1.165, 1.54) is 4.90 Å². The predicted octanol–water partition coefficient (Wildman–Crippen LogP) is 1.53. The van der Waals surface area contributed by atoms with Gasteiger partial charge in [-0.3, -0.25) is 9.69 Å². The highest BCUT2D eigenvalue weighted by Crippen LogP contribution is 2.40. The topological polar surface area (TPSA) is 129 Å². The number of carboxylic acids is 1. The highest BCUT2D eigenvalue weighted by atomic mass is 32.1. The number of nitrogens with two attached hydrogens (primary N) is 1. The van der Waals surface area contributed by atoms with Gasteiger partial charge in [0, 0.05) is 38.9 Å². The fourth-order valence-electron chi connectivity index (χ4n) is 4.82. The van der Waals surface area contributed by atoms with Gasteiger partial charge in [0.25, 0.3) is 0 Å². The lowest BCUT2D eigenvalue weighted by Crippen LogP contribution is -2.55. The summed E-state index contributed by atoms with van der Waals surface area (Å²) < 4.78 is 4.48. The molecule has 0 bridgehead atoms. The molecule has 2 aromatic rings. The zero-order valence-electron chi connectivity index (χ0n) is 19.8. The third-order valence-corrected chi connectivity index (χ3v) is 7.48. The summed E-state index contributed by atoms with van der Waals surface area (Å²) in [4.78, 5) is 40.6. The summed E-state index contributed by atoms with van der Waals surface area (Å²) in [7, 11) is 0. The van der Waals surface area contributed by atoms with E-state index in [-0.39, 0.29) is 11.8 Å². The molecule has 3 N–H and O–H groups in total. The number of rotatable bonds is 8. The van der Waals surface area contributed by atoms with Crippen molar-refractivity contribution in [3.63, 3.8) is 0 Å². The quantitative estimate of drug-likeness (QED) is 0.569. The van der Waals surface area contributed by atoms with Crippen molar-refractivity contribution in [1.82, 2.24) is 24.1 Å². The van der Waals surface area contributed by atoms with Gasteiger partial charge in [0.2, 0.25) is 5.91 Å². The molecule has 184 valence electrons. The molecule has 2 aliphatic rings. The van der Waals surface area contributed by atoms with Crippen molar-refractivity contribution >= 4 is 29.2 Å². The maximum absolute atomic E-state index is 13.1. The monoisotopic (exact) mass is 487 g/mol. The van der Waals surface area contributed by atoms with Crippen LogP contribution in [0.4, 0.5) is 5.82 Å². The third-order valence-electron chi connectivity index (χ3n) is 6.58. The Bertz CT molecular complexity index is 993. The van der Waals surface area contributed by atoms with Gasteiger partial charge in [-0.05, 0) is 48.8 Å². The number of hydrogen-bond donors (Lipinski definition) is 2. The number of piperazine rings is 1. The number of anilines is 1. The van der Waals surface area contributed by atoms with Crippen LogP contribution in [-0.4, -0.2) is 79.9 Å². The number of likely N-dealkylation sites (tertiary alicyclic amines) is 1. The lowest BCUT2D eigenvalue weighted by Gasteiger charge is -2.35. The van der Waals surface area contributed by atoms with E-state index in [1.54, 1.807) is 6.20 Å². The van der Waals surface area contributed by atoms with Crippen LogP contribution in [0, 0.1) is 5.92 Å². The van der Waals surface area contributed by atoms with E-state index in [1.807, 2.05) is 32.0 Å². The van der Waals surface area contributed by atoms with Gasteiger partial charge in [-0.15, -0.1) is 0 Å². The minimum atomic E-state index is -1.49. The molecule has 34 heavy (non-hydrogen) atoms. The second kappa shape index (κ2) is 10.3. The first kappa shape index (κ1) is 24.5. The summed E-state index contributed by atoms with van der Waals surface area (Å²) in [5, 5.41) is 10.6. The van der Waals surface area contributed by atoms with Crippen LogP contribution < -0.4 is 10.6 Å². The molecule has 4 rings (SSSR count). The number of aromatic nitrogens is 3. The summed E-state index contributed by atoms with van der Waals surface area (Å²) in [6.45, 7) is 8.27. The molecule has 0 saturated carbocycles. The van der Waals surface area contributed by atoms with Gasteiger partial charge in [-0.25, -0.2) is 14.8 Å². The maximum Gasteiger partial charge on any atom is 0.336 e. The molecule has 2 saturated heterocycles. The average Bonchev–Trinajstić information content (AvgIpc) is 3.47. The molecule has 0 radical (unpaired) electrons. The average molecular weight is 488 g/mol. The molecule has 1 amide bonds. The number of nitrogens with zero attached hydrogens (tertiary/aromatic N) is 6. The van der Waals surface area contributed by atoms with E-state index in [2.05, 4.69) is 24.1 Å². The van der Waals surface area contributed by atoms with Gasteiger partial charge in [-0.2, -0.15) is 4.37 Å². The lowest BCUT2D eigenvalue weighted by atomic mass is 9.95. The molecule has 0 spiro atoms. The lowest BCUT2D eigenvalue weighted by molar-refractivity contribution is -0.158. The van der Waals surface area contributed by atoms with Crippen LogP contribution >= 0.6 is 11.5 Å². The van der Waals surface area contributed by atoms with Gasteiger partial charge in [-0.1, -0.05) is 19.9 Å². The number of carboxylic acid groups (broad SMARTS) is 1. The Hall–Kier alpha value is -2.63. The standard InChI is InChI=1S/C23H33N7O3S/c1-16(2)14-17(24)20(31)30-9-5-7-23(30,22(32)33)21-26-18(27-34-21)15-28-10-12-29(13-11-28)19-6-3-4-8-25-19/h3-4,6,8,16-17H,5,7,9-15,24H2,1-2H3,(H,32,33)/t17-,23+/m0/s1. The van der Waals surface area contributed by atoms with Crippen LogP contribution in [0.2, 0.25) is 0 Å². The minimum Gasteiger partial charge on any atom is -0.479 e. The Balaban J connectivity index is 1.45. The van der Waals surface area contributed by atoms with Crippen molar-refractivity contribution in [3.05, 3.63) is 35.2 Å². The van der Waals surface area contributed by atoms with Crippen molar-refractivity contribution < 1.29 is 14.7 Å². The van der Waals surface area contributed by atoms with Crippen LogP contribution in [0.5, 0.6) is 0 Å². The van der Waals surface area contributed by atoms with Gasteiger partial charge in [0.05, 0.1) is 12.6 Å². The molecular formula is C23H33N7O3S. The molecule has 0 aliphatic carbocycles. The highest BCUT2D eigenvalue weighted by Gasteiger charge is 2.54. The third kappa shape index (κ3) is 4.91. The Morgan fingerprint density at radius 3 is 2.62 bits per heavy atom. The summed E-state index contributed by atoms with van der Waals surface area (Å²) in [6, 6.07) is 5.18. The largest absolute Gasteiger partial charge is 0.479 e. The second-order valence-corrected chi connectivity index (χ2v) is 10.2. The van der Waals surface area contributed by atoms with Crippen LogP contribution in [0.1, 0.15) is 43.9 Å². The highest BCUT2D eigenvalue weighted by molar-refractivity contribution is 7.05. The summed E-state index contributed by atoms with van der Waals surface area (Å²) in [5.74, 6) is 0.420. The first-order valence-corrected chi connectivity index (χ1v) is 12.6. The predicted molar refractivity (Wildman–Crippen MR) is 129 cm³/mol. The maximum atomic E-state index is 13.1. The van der Waals surface area contributed by atoms with E-state index >= 15 is 0 Å². The van der Waals surface area contributed by atoms with Crippen molar-refractivity contribution in [2.45, 2.75) is 51.2 Å². The molecule has 4 heterocycles. The van der Waals surface area contributed by atoms with Crippen molar-refractivity contribution in [2.24, 2.45) is 11.7 Å². The second-order valence-electron chi connectivity index (χ2n) is 9.46. The zero-order valence-corrected chi connectivity index (χ0v) is 20.6. The van der Waals surface area contributed by atoms with E-state index in [0.29, 0.717) is 43.2 Å². The minimum absolute atomic E-state index is 0.243. The fraction of sp³-hybridized carbons (Fsp3) is 0.609. The van der Waals surface area contributed by atoms with E-state index < -0.39 is 17.6 Å². The first-order valence-electron chi connectivity index (χ1n) is 11.8. The molecule has 2 aromatic heterocycles. The molecule has 0 unspecified atom stereocenters. The first-order chi connectivity index (χ1) is 16.3. The number of aliphatic carboxylic acids is 1. The van der Waals surface area contributed by atoms with Crippen molar-refractivity contribution in [3.8, 4) is 0 Å². The van der Waals surface area contributed by atoms with Crippen LogP contribution in [0.15, 0.2) is 24.4 Å². The number of carbonyl (C=O) groups is 2. The smallest absolute Gasteiger partial charge is 0.336 e. The number of carbonyl (C=O) groups excluding carboxylic acids is 1. The molecular weight excluding hydrogens is 454 g/mol. The Kier molecular flexibility index (Phi) is 7.44. The Morgan fingerprint density at radius 1 is 1.21 bits per heavy atom. The summed E-state index contributed by atoms with van der Waals surface area (Å²) >= 11 is 1.08. The van der Waals surface area contributed by atoms with Crippen molar-refractivity contribution in [2.75, 3.05) is 37.6 Å². The Morgan fingerprint density at radius 2 is 1.97 bits per heavy atom. The SMILES string of the molecule is CC(C)C[C@H](N)C(=O)N1CCC[C@]1(C(=O)O)c1nc(CN2CCN(c3ccccn3)CC2)ns1. The van der Waals surface area contributed by atoms with E-state index in [4.69, 9.17) is 5.73 Å². The Labute approximate surface area is 203 Å². The molecule has 2 atom stereocenters. The van der Waals surface area contributed by atoms with E-state index in [9.17, 15) is 14.7 Å². The van der Waals surface area contributed by atoms with Crippen molar-refractivity contribution in [1.29, 1.82) is 0 Å². The van der Waals surface area contributed by atoms with Crippen LogP contribution in [0.25, 0.3) is 0 Å². The number of amides is 1. The molecule has 10 nitrogen and oxygen atoms in total. The number of hydrogen-bond acceptors (Lipinski definition) is 9. The normalized spacial score (nSPS) is 22.4. The van der Waals surface area contributed by atoms with Gasteiger partial charge in [0.1, 0.15) is 5.82 Å². The molecule has 0 aromatic carbocycles. The van der Waals surface area contributed by atoms with Gasteiger partial charge >= 0.3 is 5.97 Å². The fourth-order valence-corrected chi connectivity index (χ4v) is 5.71. The van der Waals surface area contributed by atoms with Gasteiger partial charge < -0.3 is 20.6 Å². The number of pyridine rings is 1. The summed E-state index contributed by atoms with van der Waals surface area (Å²) in [5.41, 5.74) is 4.66. The van der Waals surface area contributed by atoms with Gasteiger partial charge in [0.15, 0.2) is 16.4 Å². The molecule has 2 aliphatic heterocycles. The zero-order chi connectivity index (χ0) is 24.3. The van der Waals surface area contributed by atoms with Crippen LogP contribution in [0.3, 0.4) is 0 Å².